The summed E-state index contributed by atoms with van der Waals surface area (Å²) in [5, 5.41) is 10.1. The van der Waals surface area contributed by atoms with E-state index in [1.54, 1.807) is 0 Å². The summed E-state index contributed by atoms with van der Waals surface area (Å²) in [6, 6.07) is 0. The minimum absolute atomic E-state index is 0.0698. The van der Waals surface area contributed by atoms with Crippen molar-refractivity contribution >= 4 is 9.84 Å². The first kappa shape index (κ1) is 14.3. The Morgan fingerprint density at radius 2 is 2.00 bits per heavy atom. The molecule has 1 aliphatic carbocycles. The maximum Gasteiger partial charge on any atom is 0.150 e. The largest absolute Gasteiger partial charge is 0.392 e. The van der Waals surface area contributed by atoms with Gasteiger partial charge in [0.1, 0.15) is 9.84 Å². The molecule has 1 saturated heterocycles. The fourth-order valence-corrected chi connectivity index (χ4v) is 4.28. The van der Waals surface area contributed by atoms with Gasteiger partial charge >= 0.3 is 0 Å². The van der Waals surface area contributed by atoms with Crippen molar-refractivity contribution in [2.45, 2.75) is 56.7 Å². The molecule has 0 bridgehead atoms. The summed E-state index contributed by atoms with van der Waals surface area (Å²) in [6.45, 7) is 0.658. The van der Waals surface area contributed by atoms with Crippen LogP contribution in [-0.4, -0.2) is 43.8 Å². The van der Waals surface area contributed by atoms with Crippen LogP contribution in [0.4, 0.5) is 0 Å². The van der Waals surface area contributed by atoms with Crippen LogP contribution in [0.1, 0.15) is 44.9 Å². The number of hydrogen-bond donors (Lipinski definition) is 1. The van der Waals surface area contributed by atoms with Gasteiger partial charge in [-0.05, 0) is 31.6 Å². The molecule has 0 aromatic carbocycles. The zero-order valence-electron chi connectivity index (χ0n) is 11.1. The topological polar surface area (TPSA) is 63.6 Å². The van der Waals surface area contributed by atoms with E-state index in [1.807, 2.05) is 0 Å². The van der Waals surface area contributed by atoms with Gasteiger partial charge in [0.2, 0.25) is 0 Å². The molecule has 106 valence electrons. The minimum Gasteiger partial charge on any atom is -0.392 e. The van der Waals surface area contributed by atoms with Gasteiger partial charge in [-0.15, -0.1) is 0 Å². The summed E-state index contributed by atoms with van der Waals surface area (Å²) >= 11 is 0. The molecule has 2 aliphatic rings. The molecule has 1 spiro atoms. The highest BCUT2D eigenvalue weighted by molar-refractivity contribution is 7.90. The Morgan fingerprint density at radius 1 is 1.33 bits per heavy atom. The van der Waals surface area contributed by atoms with Crippen LogP contribution in [0.2, 0.25) is 0 Å². The van der Waals surface area contributed by atoms with Gasteiger partial charge in [0.25, 0.3) is 0 Å². The first-order valence-corrected chi connectivity index (χ1v) is 8.96. The molecule has 1 aliphatic heterocycles. The number of sulfone groups is 1. The van der Waals surface area contributed by atoms with E-state index in [9.17, 15) is 13.5 Å². The lowest BCUT2D eigenvalue weighted by molar-refractivity contribution is -0.131. The summed E-state index contributed by atoms with van der Waals surface area (Å²) < 4.78 is 28.5. The van der Waals surface area contributed by atoms with Gasteiger partial charge in [-0.3, -0.25) is 0 Å². The van der Waals surface area contributed by atoms with Gasteiger partial charge in [0, 0.05) is 12.9 Å². The number of aliphatic hydroxyl groups is 1. The van der Waals surface area contributed by atoms with Crippen molar-refractivity contribution in [3.05, 3.63) is 0 Å². The lowest BCUT2D eigenvalue weighted by atomic mass is 9.75. The maximum atomic E-state index is 11.3. The van der Waals surface area contributed by atoms with E-state index >= 15 is 0 Å². The molecule has 1 N–H and O–H groups in total. The van der Waals surface area contributed by atoms with Crippen molar-refractivity contribution in [2.75, 3.05) is 18.6 Å². The SMILES string of the molecule is CS(=O)(=O)CC(O)C1CCOC2(CCCCC2)C1. The number of ether oxygens (including phenoxy) is 1. The van der Waals surface area contributed by atoms with Crippen molar-refractivity contribution in [2.24, 2.45) is 5.92 Å². The highest BCUT2D eigenvalue weighted by atomic mass is 32.2. The third-order valence-electron chi connectivity index (χ3n) is 4.31. The minimum atomic E-state index is -3.11. The molecule has 18 heavy (non-hydrogen) atoms. The predicted molar refractivity (Wildman–Crippen MR) is 70.2 cm³/mol. The predicted octanol–water partition coefficient (Wildman–Crippen LogP) is 1.52. The lowest BCUT2D eigenvalue weighted by Gasteiger charge is -2.44. The molecule has 2 unspecified atom stereocenters. The third kappa shape index (κ3) is 3.68. The van der Waals surface area contributed by atoms with Crippen LogP contribution >= 0.6 is 0 Å². The first-order chi connectivity index (χ1) is 8.40. The van der Waals surface area contributed by atoms with Crippen molar-refractivity contribution in [1.29, 1.82) is 0 Å². The van der Waals surface area contributed by atoms with Gasteiger partial charge in [-0.25, -0.2) is 8.42 Å². The van der Waals surface area contributed by atoms with Crippen LogP contribution in [0.3, 0.4) is 0 Å². The molecule has 0 aromatic rings. The lowest BCUT2D eigenvalue weighted by Crippen LogP contribution is -2.45. The molecule has 5 heteroatoms. The summed E-state index contributed by atoms with van der Waals surface area (Å²) in [7, 11) is -3.11. The molecule has 2 rings (SSSR count). The monoisotopic (exact) mass is 276 g/mol. The second kappa shape index (κ2) is 5.47. The van der Waals surface area contributed by atoms with Crippen molar-refractivity contribution in [3.8, 4) is 0 Å². The van der Waals surface area contributed by atoms with E-state index in [1.165, 1.54) is 25.5 Å². The van der Waals surface area contributed by atoms with Crippen molar-refractivity contribution in [3.63, 3.8) is 0 Å². The second-order valence-corrected chi connectivity index (χ2v) is 8.19. The van der Waals surface area contributed by atoms with Crippen molar-refractivity contribution < 1.29 is 18.3 Å². The van der Waals surface area contributed by atoms with Crippen LogP contribution in [0.5, 0.6) is 0 Å². The Labute approximate surface area is 110 Å². The van der Waals surface area contributed by atoms with E-state index in [-0.39, 0.29) is 17.3 Å². The molecule has 1 saturated carbocycles. The van der Waals surface area contributed by atoms with Crippen LogP contribution in [0.25, 0.3) is 0 Å². The molecule has 0 amide bonds. The van der Waals surface area contributed by atoms with E-state index in [0.29, 0.717) is 6.61 Å². The van der Waals surface area contributed by atoms with Gasteiger partial charge in [0.05, 0.1) is 17.5 Å². The highest BCUT2D eigenvalue weighted by Gasteiger charge is 2.40. The summed E-state index contributed by atoms with van der Waals surface area (Å²) in [5.41, 5.74) is -0.0698. The fourth-order valence-electron chi connectivity index (χ4n) is 3.38. The molecule has 0 radical (unpaired) electrons. The van der Waals surface area contributed by atoms with E-state index in [4.69, 9.17) is 4.74 Å². The van der Waals surface area contributed by atoms with E-state index in [0.717, 1.165) is 25.7 Å². The normalized spacial score (nSPS) is 30.2. The molecular weight excluding hydrogens is 252 g/mol. The van der Waals surface area contributed by atoms with Gasteiger partial charge < -0.3 is 9.84 Å². The molecule has 2 fully saturated rings. The maximum absolute atomic E-state index is 11.3. The number of aliphatic hydroxyl groups excluding tert-OH is 1. The quantitative estimate of drug-likeness (QED) is 0.849. The van der Waals surface area contributed by atoms with Crippen LogP contribution < -0.4 is 0 Å². The first-order valence-electron chi connectivity index (χ1n) is 6.90. The smallest absolute Gasteiger partial charge is 0.150 e. The van der Waals surface area contributed by atoms with Crippen LogP contribution in [0.15, 0.2) is 0 Å². The summed E-state index contributed by atoms with van der Waals surface area (Å²) in [6.07, 6.45) is 7.83. The third-order valence-corrected chi connectivity index (χ3v) is 5.26. The van der Waals surface area contributed by atoms with E-state index in [2.05, 4.69) is 0 Å². The van der Waals surface area contributed by atoms with Gasteiger partial charge in [0.15, 0.2) is 0 Å². The van der Waals surface area contributed by atoms with Gasteiger partial charge in [-0.2, -0.15) is 0 Å². The second-order valence-electron chi connectivity index (χ2n) is 6.00. The number of rotatable bonds is 3. The van der Waals surface area contributed by atoms with Crippen molar-refractivity contribution in [1.82, 2.24) is 0 Å². The molecule has 0 aromatic heterocycles. The number of hydrogen-bond acceptors (Lipinski definition) is 4. The standard InChI is InChI=1S/C13H24O4S/c1-18(15,16)10-12(14)11-5-8-17-13(9-11)6-3-2-4-7-13/h11-12,14H,2-10H2,1H3. The van der Waals surface area contributed by atoms with Crippen LogP contribution in [-0.2, 0) is 14.6 Å². The Bertz CT molecular complexity index is 365. The van der Waals surface area contributed by atoms with Gasteiger partial charge in [-0.1, -0.05) is 19.3 Å². The summed E-state index contributed by atoms with van der Waals surface area (Å²) in [5.74, 6) is -0.0418. The zero-order chi connectivity index (χ0) is 13.2. The fraction of sp³-hybridized carbons (Fsp3) is 1.00. The Kier molecular flexibility index (Phi) is 4.34. The zero-order valence-corrected chi connectivity index (χ0v) is 11.9. The Morgan fingerprint density at radius 3 is 2.61 bits per heavy atom. The highest BCUT2D eigenvalue weighted by Crippen LogP contribution is 2.41. The van der Waals surface area contributed by atoms with E-state index < -0.39 is 15.9 Å². The molecule has 1 heterocycles. The molecule has 2 atom stereocenters. The Hall–Kier alpha value is -0.130. The average Bonchev–Trinajstić information content (AvgIpc) is 2.28. The Balaban J connectivity index is 1.97. The van der Waals surface area contributed by atoms with Crippen LogP contribution in [0, 0.1) is 5.92 Å². The molecular formula is C13H24O4S. The summed E-state index contributed by atoms with van der Waals surface area (Å²) in [4.78, 5) is 0. The average molecular weight is 276 g/mol. The molecule has 4 nitrogen and oxygen atoms in total.